The van der Waals surface area contributed by atoms with Crippen molar-refractivity contribution in [3.05, 3.63) is 87.4 Å². The van der Waals surface area contributed by atoms with E-state index in [9.17, 15) is 27.9 Å². The summed E-state index contributed by atoms with van der Waals surface area (Å²) in [5.41, 5.74) is 4.97. The molecule has 4 aromatic rings. The van der Waals surface area contributed by atoms with E-state index in [-0.39, 0.29) is 48.8 Å². The first-order chi connectivity index (χ1) is 25.9. The predicted molar refractivity (Wildman–Crippen MR) is 196 cm³/mol. The Balaban J connectivity index is 1.12. The monoisotopic (exact) mass is 764 g/mol. The van der Waals surface area contributed by atoms with Crippen molar-refractivity contribution in [1.82, 2.24) is 25.5 Å². The minimum atomic E-state index is -4.70. The standard InChI is InChI=1S/C39H40ClF3N6O5/c1-53-36-21(16-44-17-24-10-14-33(50)45-24)9-12-32(47-36)29-8-4-7-28(34(29)40)25-5-3-6-27-26(25)11-13-31(27)46-35-30(39(41,42)43)15-22(37(48-35)54-2)18-49-19-23(20-49)38(51)52/h3-9,12,15,23-24,31,44H,10-11,13-14,16-20H2,1-2H3,(H,45,50)(H,46,48)(H,51,52)/t24-,31-/m0/s1. The topological polar surface area (TPSA) is 138 Å². The lowest BCUT2D eigenvalue weighted by Crippen LogP contribution is -2.49. The lowest BCUT2D eigenvalue weighted by Gasteiger charge is -2.36. The summed E-state index contributed by atoms with van der Waals surface area (Å²) in [4.78, 5) is 33.6. The number of ether oxygens (including phenoxy) is 2. The number of aliphatic carboxylic acids is 1. The number of alkyl halides is 3. The third-order valence-corrected chi connectivity index (χ3v) is 10.7. The number of nitrogens with zero attached hydrogens (tertiary/aromatic N) is 3. The van der Waals surface area contributed by atoms with E-state index in [0.29, 0.717) is 54.5 Å². The third kappa shape index (κ3) is 7.68. The highest BCUT2D eigenvalue weighted by atomic mass is 35.5. The van der Waals surface area contributed by atoms with E-state index in [1.54, 1.807) is 12.0 Å². The second kappa shape index (κ2) is 15.4. The number of aromatic nitrogens is 2. The van der Waals surface area contributed by atoms with Crippen LogP contribution in [0.1, 0.15) is 53.1 Å². The Labute approximate surface area is 315 Å². The van der Waals surface area contributed by atoms with Crippen LogP contribution in [-0.4, -0.2) is 71.7 Å². The summed E-state index contributed by atoms with van der Waals surface area (Å²) in [5.74, 6) is -1.23. The quantitative estimate of drug-likeness (QED) is 0.120. The summed E-state index contributed by atoms with van der Waals surface area (Å²) in [5, 5.41) is 19.1. The Bertz CT molecular complexity index is 2080. The Morgan fingerprint density at radius 2 is 1.70 bits per heavy atom. The van der Waals surface area contributed by atoms with Gasteiger partial charge in [0.2, 0.25) is 17.7 Å². The zero-order valence-electron chi connectivity index (χ0n) is 29.7. The van der Waals surface area contributed by atoms with Crippen LogP contribution >= 0.6 is 11.6 Å². The van der Waals surface area contributed by atoms with Gasteiger partial charge in [-0.25, -0.2) is 4.98 Å². The van der Waals surface area contributed by atoms with E-state index in [0.717, 1.165) is 40.3 Å². The molecule has 0 radical (unpaired) electrons. The van der Waals surface area contributed by atoms with Crippen molar-refractivity contribution in [3.8, 4) is 34.1 Å². The van der Waals surface area contributed by atoms with Gasteiger partial charge in [-0.1, -0.05) is 54.1 Å². The molecule has 1 amide bonds. The number of carboxylic acid groups (broad SMARTS) is 1. The molecule has 2 fully saturated rings. The van der Waals surface area contributed by atoms with Crippen LogP contribution in [0.5, 0.6) is 11.8 Å². The van der Waals surface area contributed by atoms with Gasteiger partial charge in [0.05, 0.1) is 42.5 Å². The second-order valence-corrected chi connectivity index (χ2v) is 14.2. The molecule has 0 bridgehead atoms. The number of hydrogen-bond acceptors (Lipinski definition) is 9. The number of hydrogen-bond donors (Lipinski definition) is 4. The molecule has 284 valence electrons. The van der Waals surface area contributed by atoms with Gasteiger partial charge in [0, 0.05) is 67.4 Å². The highest BCUT2D eigenvalue weighted by Crippen LogP contribution is 2.45. The van der Waals surface area contributed by atoms with Crippen LogP contribution in [-0.2, 0) is 35.3 Å². The number of methoxy groups -OCH3 is 2. The molecule has 54 heavy (non-hydrogen) atoms. The van der Waals surface area contributed by atoms with E-state index in [4.69, 9.17) is 26.1 Å². The molecule has 11 nitrogen and oxygen atoms in total. The fourth-order valence-corrected chi connectivity index (χ4v) is 7.88. The maximum Gasteiger partial charge on any atom is 0.419 e. The first-order valence-electron chi connectivity index (χ1n) is 17.7. The van der Waals surface area contributed by atoms with Gasteiger partial charge in [-0.05, 0) is 48.1 Å². The van der Waals surface area contributed by atoms with Gasteiger partial charge in [-0.3, -0.25) is 14.5 Å². The Morgan fingerprint density at radius 3 is 2.41 bits per heavy atom. The van der Waals surface area contributed by atoms with Gasteiger partial charge >= 0.3 is 12.1 Å². The van der Waals surface area contributed by atoms with Crippen LogP contribution in [0.25, 0.3) is 22.4 Å². The molecule has 0 spiro atoms. The van der Waals surface area contributed by atoms with E-state index >= 15 is 0 Å². The van der Waals surface area contributed by atoms with Gasteiger partial charge in [0.25, 0.3) is 0 Å². The number of halogens is 4. The van der Waals surface area contributed by atoms with Crippen molar-refractivity contribution < 1.29 is 37.3 Å². The second-order valence-electron chi connectivity index (χ2n) is 13.9. The molecule has 7 rings (SSSR count). The molecule has 0 unspecified atom stereocenters. The summed E-state index contributed by atoms with van der Waals surface area (Å²) in [6, 6.07) is 15.9. The number of carbonyl (C=O) groups excluding carboxylic acids is 1. The SMILES string of the molecule is COc1nc(-c2cccc(-c3cccc4c3CC[C@@H]4Nc3nc(OC)c(CN4CC(C(=O)O)C4)cc3C(F)(F)F)c2Cl)ccc1CNC[C@@H]1CCC(=O)N1. The highest BCUT2D eigenvalue weighted by molar-refractivity contribution is 6.36. The van der Waals surface area contributed by atoms with Gasteiger partial charge < -0.3 is 30.5 Å². The summed E-state index contributed by atoms with van der Waals surface area (Å²) >= 11 is 7.12. The van der Waals surface area contributed by atoms with Crippen molar-refractivity contribution in [1.29, 1.82) is 0 Å². The van der Waals surface area contributed by atoms with Crippen molar-refractivity contribution in [2.24, 2.45) is 5.92 Å². The predicted octanol–water partition coefficient (Wildman–Crippen LogP) is 6.48. The number of benzene rings is 2. The molecular weight excluding hydrogens is 725 g/mol. The zero-order valence-corrected chi connectivity index (χ0v) is 30.5. The molecular formula is C39H40ClF3N6O5. The number of carboxylic acids is 1. The van der Waals surface area contributed by atoms with Gasteiger partial charge in [0.15, 0.2) is 0 Å². The van der Waals surface area contributed by atoms with Crippen LogP contribution < -0.4 is 25.4 Å². The van der Waals surface area contributed by atoms with Crippen LogP contribution in [0.15, 0.2) is 54.6 Å². The molecule has 4 heterocycles. The largest absolute Gasteiger partial charge is 0.481 e. The molecule has 3 aliphatic rings. The molecule has 2 aliphatic heterocycles. The molecule has 4 N–H and O–H groups in total. The fourth-order valence-electron chi connectivity index (χ4n) is 7.55. The maximum absolute atomic E-state index is 14.5. The Hall–Kier alpha value is -4.92. The van der Waals surface area contributed by atoms with E-state index in [1.165, 1.54) is 7.11 Å². The van der Waals surface area contributed by atoms with Crippen LogP contribution in [0, 0.1) is 5.92 Å². The van der Waals surface area contributed by atoms with Gasteiger partial charge in [-0.15, -0.1) is 0 Å². The maximum atomic E-state index is 14.5. The summed E-state index contributed by atoms with van der Waals surface area (Å²) in [7, 11) is 2.91. The number of amides is 1. The van der Waals surface area contributed by atoms with E-state index in [1.807, 2.05) is 48.5 Å². The lowest BCUT2D eigenvalue weighted by molar-refractivity contribution is -0.147. The van der Waals surface area contributed by atoms with Crippen LogP contribution in [0.3, 0.4) is 0 Å². The number of nitrogens with one attached hydrogen (secondary N) is 3. The third-order valence-electron chi connectivity index (χ3n) is 10.3. The number of likely N-dealkylation sites (tertiary alicyclic amines) is 1. The number of pyridine rings is 2. The smallest absolute Gasteiger partial charge is 0.419 e. The van der Waals surface area contributed by atoms with Crippen molar-refractivity contribution in [3.63, 3.8) is 0 Å². The number of rotatable bonds is 13. The molecule has 2 aromatic heterocycles. The van der Waals surface area contributed by atoms with Crippen LogP contribution in [0.4, 0.5) is 19.0 Å². The summed E-state index contributed by atoms with van der Waals surface area (Å²) in [6.07, 6.45) is -2.24. The Kier molecular flexibility index (Phi) is 10.7. The highest BCUT2D eigenvalue weighted by Gasteiger charge is 2.39. The minimum absolute atomic E-state index is 0.0495. The first kappa shape index (κ1) is 37.4. The van der Waals surface area contributed by atoms with Gasteiger partial charge in [0.1, 0.15) is 5.82 Å². The summed E-state index contributed by atoms with van der Waals surface area (Å²) < 4.78 is 54.5. The lowest BCUT2D eigenvalue weighted by atomic mass is 9.94. The minimum Gasteiger partial charge on any atom is -0.481 e. The molecule has 2 atom stereocenters. The summed E-state index contributed by atoms with van der Waals surface area (Å²) in [6.45, 7) is 1.72. The first-order valence-corrected chi connectivity index (χ1v) is 18.1. The zero-order chi connectivity index (χ0) is 38.1. The average Bonchev–Trinajstić information content (AvgIpc) is 3.74. The van der Waals surface area contributed by atoms with E-state index < -0.39 is 29.7 Å². The fraction of sp³-hybridized carbons (Fsp3) is 0.385. The molecule has 1 aliphatic carbocycles. The molecule has 15 heteroatoms. The van der Waals surface area contributed by atoms with Crippen molar-refractivity contribution in [2.45, 2.75) is 57.0 Å². The van der Waals surface area contributed by atoms with Gasteiger partial charge in [-0.2, -0.15) is 18.2 Å². The number of fused-ring (bicyclic) bond motifs is 1. The average molecular weight is 765 g/mol. The molecule has 0 saturated carbocycles. The number of carbonyl (C=O) groups is 2. The Morgan fingerprint density at radius 1 is 0.981 bits per heavy atom. The molecule has 2 aromatic carbocycles. The normalized spacial score (nSPS) is 18.6. The van der Waals surface area contributed by atoms with E-state index in [2.05, 4.69) is 20.9 Å². The van der Waals surface area contributed by atoms with Crippen molar-refractivity contribution in [2.75, 3.05) is 39.2 Å². The molecule has 2 saturated heterocycles. The van der Waals surface area contributed by atoms with Crippen LogP contribution in [0.2, 0.25) is 5.02 Å². The number of anilines is 1. The van der Waals surface area contributed by atoms with Crippen molar-refractivity contribution >= 4 is 29.3 Å².